The van der Waals surface area contributed by atoms with Crippen molar-refractivity contribution in [1.82, 2.24) is 9.55 Å². The molecule has 23 heavy (non-hydrogen) atoms. The summed E-state index contributed by atoms with van der Waals surface area (Å²) in [5, 5.41) is 0.203. The predicted octanol–water partition coefficient (Wildman–Crippen LogP) is 5.43. The van der Waals surface area contributed by atoms with Gasteiger partial charge in [0.15, 0.2) is 8.32 Å². The average Bonchev–Trinajstić information content (AvgIpc) is 2.61. The SMILES string of the molecule is CCOCc1nc(I)c(I)n1CC(C)(C)O[Si](C)(C)C(C)(C)C. The zero-order valence-electron chi connectivity index (χ0n) is 15.6. The van der Waals surface area contributed by atoms with Crippen LogP contribution in [0.4, 0.5) is 0 Å². The third-order valence-electron chi connectivity index (χ3n) is 4.26. The molecule has 134 valence electrons. The van der Waals surface area contributed by atoms with Crippen LogP contribution in [0.3, 0.4) is 0 Å². The molecule has 1 heterocycles. The van der Waals surface area contributed by atoms with Crippen LogP contribution in [-0.4, -0.2) is 30.1 Å². The Kier molecular flexibility index (Phi) is 7.60. The topological polar surface area (TPSA) is 36.3 Å². The van der Waals surface area contributed by atoms with Gasteiger partial charge in [-0.2, -0.15) is 0 Å². The van der Waals surface area contributed by atoms with Crippen LogP contribution in [0.1, 0.15) is 47.4 Å². The van der Waals surface area contributed by atoms with Gasteiger partial charge >= 0.3 is 0 Å². The molecule has 0 N–H and O–H groups in total. The van der Waals surface area contributed by atoms with E-state index in [1.165, 1.54) is 0 Å². The molecule has 0 fully saturated rings. The van der Waals surface area contributed by atoms with Crippen LogP contribution in [0.15, 0.2) is 0 Å². The van der Waals surface area contributed by atoms with Crippen molar-refractivity contribution in [1.29, 1.82) is 0 Å². The molecule has 7 heteroatoms. The van der Waals surface area contributed by atoms with E-state index in [4.69, 9.17) is 9.16 Å². The molecule has 0 unspecified atom stereocenters. The summed E-state index contributed by atoms with van der Waals surface area (Å²) in [7, 11) is -1.82. The summed E-state index contributed by atoms with van der Waals surface area (Å²) >= 11 is 4.65. The van der Waals surface area contributed by atoms with Gasteiger partial charge in [0.1, 0.15) is 19.8 Å². The van der Waals surface area contributed by atoms with E-state index in [0.717, 1.165) is 19.8 Å². The van der Waals surface area contributed by atoms with Gasteiger partial charge in [0.25, 0.3) is 0 Å². The number of hydrogen-bond donors (Lipinski definition) is 0. The summed E-state index contributed by atoms with van der Waals surface area (Å²) in [5.74, 6) is 0.979. The molecule has 0 saturated heterocycles. The summed E-state index contributed by atoms with van der Waals surface area (Å²) in [6, 6.07) is 0. The van der Waals surface area contributed by atoms with E-state index in [0.29, 0.717) is 13.2 Å². The van der Waals surface area contributed by atoms with Crippen molar-refractivity contribution >= 4 is 53.5 Å². The molecule has 0 aliphatic rings. The standard InChI is InChI=1S/C16H30I2N2O2Si/c1-9-21-10-12-19-13(17)14(18)20(12)11-16(5,6)22-23(7,8)15(2,3)4/h9-11H2,1-8H3. The molecule has 0 atom stereocenters. The third kappa shape index (κ3) is 5.93. The van der Waals surface area contributed by atoms with Crippen LogP contribution < -0.4 is 0 Å². The minimum Gasteiger partial charge on any atom is -0.410 e. The molecule has 1 rings (SSSR count). The van der Waals surface area contributed by atoms with E-state index >= 15 is 0 Å². The zero-order chi connectivity index (χ0) is 18.1. The van der Waals surface area contributed by atoms with Crippen LogP contribution in [0.5, 0.6) is 0 Å². The Morgan fingerprint density at radius 2 is 1.70 bits per heavy atom. The second-order valence-corrected chi connectivity index (χ2v) is 14.7. The first-order valence-electron chi connectivity index (χ1n) is 7.99. The fraction of sp³-hybridized carbons (Fsp3) is 0.812. The highest BCUT2D eigenvalue weighted by Crippen LogP contribution is 2.39. The van der Waals surface area contributed by atoms with Crippen molar-refractivity contribution in [3.05, 3.63) is 13.2 Å². The summed E-state index contributed by atoms with van der Waals surface area (Å²) in [6.07, 6.45) is 0. The minimum absolute atomic E-state index is 0.203. The lowest BCUT2D eigenvalue weighted by Gasteiger charge is -2.43. The molecule has 0 amide bonds. The first-order chi connectivity index (χ1) is 10.3. The average molecular weight is 564 g/mol. The lowest BCUT2D eigenvalue weighted by atomic mass is 10.1. The van der Waals surface area contributed by atoms with Gasteiger partial charge in [-0.05, 0) is 84.1 Å². The van der Waals surface area contributed by atoms with Gasteiger partial charge in [-0.25, -0.2) is 4.98 Å². The van der Waals surface area contributed by atoms with Crippen LogP contribution in [0.2, 0.25) is 18.1 Å². The van der Waals surface area contributed by atoms with E-state index in [1.54, 1.807) is 0 Å². The van der Waals surface area contributed by atoms with Gasteiger partial charge in [-0.1, -0.05) is 20.8 Å². The summed E-state index contributed by atoms with van der Waals surface area (Å²) < 4.78 is 16.7. The third-order valence-corrected chi connectivity index (χ3v) is 11.8. The van der Waals surface area contributed by atoms with Crippen LogP contribution in [0, 0.1) is 7.40 Å². The number of hydrogen-bond acceptors (Lipinski definition) is 3. The van der Waals surface area contributed by atoms with Gasteiger partial charge in [0.05, 0.1) is 12.1 Å². The first kappa shape index (κ1) is 21.8. The fourth-order valence-corrected chi connectivity index (χ4v) is 5.06. The summed E-state index contributed by atoms with van der Waals surface area (Å²) in [5.41, 5.74) is -0.242. The number of nitrogens with zero attached hydrogens (tertiary/aromatic N) is 2. The van der Waals surface area contributed by atoms with Gasteiger partial charge in [-0.3, -0.25) is 0 Å². The number of halogens is 2. The van der Waals surface area contributed by atoms with Gasteiger partial charge in [0, 0.05) is 6.61 Å². The largest absolute Gasteiger partial charge is 0.410 e. The van der Waals surface area contributed by atoms with E-state index in [-0.39, 0.29) is 10.6 Å². The molecule has 0 saturated carbocycles. The maximum atomic E-state index is 6.66. The van der Waals surface area contributed by atoms with Gasteiger partial charge in [0.2, 0.25) is 0 Å². The molecule has 1 aromatic rings. The van der Waals surface area contributed by atoms with E-state index in [9.17, 15) is 0 Å². The van der Waals surface area contributed by atoms with Crippen molar-refractivity contribution < 1.29 is 9.16 Å². The second-order valence-electron chi connectivity index (χ2n) is 7.95. The first-order valence-corrected chi connectivity index (χ1v) is 13.1. The molecule has 0 aliphatic carbocycles. The highest BCUT2D eigenvalue weighted by Gasteiger charge is 2.41. The Morgan fingerprint density at radius 1 is 1.13 bits per heavy atom. The number of ether oxygens (including phenoxy) is 1. The molecule has 0 bridgehead atoms. The van der Waals surface area contributed by atoms with Crippen LogP contribution in [0.25, 0.3) is 0 Å². The number of imidazole rings is 1. The Bertz CT molecular complexity index is 537. The smallest absolute Gasteiger partial charge is 0.192 e. The fourth-order valence-electron chi connectivity index (χ4n) is 2.17. The van der Waals surface area contributed by atoms with Crippen molar-refractivity contribution in [3.8, 4) is 0 Å². The van der Waals surface area contributed by atoms with Gasteiger partial charge in [-0.15, -0.1) is 0 Å². The normalized spacial score (nSPS) is 13.7. The van der Waals surface area contributed by atoms with E-state index in [2.05, 4.69) is 102 Å². The lowest BCUT2D eigenvalue weighted by Crippen LogP contribution is -2.49. The maximum absolute atomic E-state index is 6.66. The molecular weight excluding hydrogens is 534 g/mol. The van der Waals surface area contributed by atoms with E-state index < -0.39 is 8.32 Å². The minimum atomic E-state index is -1.82. The van der Waals surface area contributed by atoms with E-state index in [1.807, 2.05) is 6.92 Å². The number of aromatic nitrogens is 2. The highest BCUT2D eigenvalue weighted by atomic mass is 127. The lowest BCUT2D eigenvalue weighted by molar-refractivity contribution is 0.0668. The molecule has 0 spiro atoms. The second kappa shape index (κ2) is 8.01. The Labute approximate surface area is 169 Å². The Balaban J connectivity index is 3.01. The Hall–Kier alpha value is 0.807. The summed E-state index contributed by atoms with van der Waals surface area (Å²) in [6.45, 7) is 19.8. The number of rotatable bonds is 7. The van der Waals surface area contributed by atoms with Crippen molar-refractivity contribution in [3.63, 3.8) is 0 Å². The van der Waals surface area contributed by atoms with Crippen LogP contribution >= 0.6 is 45.2 Å². The molecule has 1 aromatic heterocycles. The molecule has 4 nitrogen and oxygen atoms in total. The molecular formula is C16H30I2N2O2Si. The van der Waals surface area contributed by atoms with Crippen molar-refractivity contribution in [2.75, 3.05) is 6.61 Å². The molecule has 0 aliphatic heterocycles. The predicted molar refractivity (Wildman–Crippen MR) is 115 cm³/mol. The van der Waals surface area contributed by atoms with Crippen molar-refractivity contribution in [2.24, 2.45) is 0 Å². The quantitative estimate of drug-likeness (QED) is 0.328. The highest BCUT2D eigenvalue weighted by molar-refractivity contribution is 14.1. The molecule has 0 aromatic carbocycles. The maximum Gasteiger partial charge on any atom is 0.192 e. The van der Waals surface area contributed by atoms with Crippen molar-refractivity contribution in [2.45, 2.75) is 78.4 Å². The molecule has 0 radical (unpaired) electrons. The monoisotopic (exact) mass is 564 g/mol. The summed E-state index contributed by atoms with van der Waals surface area (Å²) in [4.78, 5) is 4.65. The Morgan fingerprint density at radius 3 is 2.17 bits per heavy atom. The van der Waals surface area contributed by atoms with Gasteiger partial charge < -0.3 is 13.7 Å². The zero-order valence-corrected chi connectivity index (χ0v) is 20.9. The van der Waals surface area contributed by atoms with Crippen LogP contribution in [-0.2, 0) is 22.3 Å².